The van der Waals surface area contributed by atoms with Gasteiger partial charge in [-0.05, 0) is 18.9 Å². The number of carbonyl (C=O) groups is 1. The van der Waals surface area contributed by atoms with Gasteiger partial charge in [-0.15, -0.1) is 0 Å². The second-order valence-corrected chi connectivity index (χ2v) is 4.27. The van der Waals surface area contributed by atoms with Crippen LogP contribution in [0.2, 0.25) is 0 Å². The van der Waals surface area contributed by atoms with Crippen LogP contribution in [0.3, 0.4) is 0 Å². The monoisotopic (exact) mass is 238 g/mol. The van der Waals surface area contributed by atoms with E-state index in [4.69, 9.17) is 9.52 Å². The maximum atomic E-state index is 13.8. The van der Waals surface area contributed by atoms with Gasteiger partial charge in [0.2, 0.25) is 0 Å². The van der Waals surface area contributed by atoms with E-state index >= 15 is 0 Å². The van der Waals surface area contributed by atoms with E-state index in [2.05, 4.69) is 0 Å². The Morgan fingerprint density at radius 2 is 2.06 bits per heavy atom. The molecule has 17 heavy (non-hydrogen) atoms. The molecule has 0 unspecified atom stereocenters. The maximum absolute atomic E-state index is 13.8. The summed E-state index contributed by atoms with van der Waals surface area (Å²) in [6.07, 6.45) is 1.93. The lowest BCUT2D eigenvalue weighted by Crippen LogP contribution is -2.21. The largest absolute Gasteiger partial charge is 0.481 e. The van der Waals surface area contributed by atoms with Crippen molar-refractivity contribution in [2.24, 2.45) is 0 Å². The molecule has 0 aliphatic heterocycles. The van der Waals surface area contributed by atoms with E-state index in [0.717, 1.165) is 6.07 Å². The number of rotatable bonds is 2. The summed E-state index contributed by atoms with van der Waals surface area (Å²) in [5, 5.41) is 9.27. The van der Waals surface area contributed by atoms with Crippen LogP contribution in [0.15, 0.2) is 22.8 Å². The van der Waals surface area contributed by atoms with E-state index in [1.54, 1.807) is 0 Å². The van der Waals surface area contributed by atoms with Gasteiger partial charge in [0, 0.05) is 11.6 Å². The molecule has 0 bridgehead atoms. The molecule has 1 saturated carbocycles. The molecule has 1 N–H and O–H groups in total. The van der Waals surface area contributed by atoms with Crippen LogP contribution in [0.25, 0.3) is 11.0 Å². The van der Waals surface area contributed by atoms with E-state index in [9.17, 15) is 13.6 Å². The number of carboxylic acid groups (broad SMARTS) is 1. The minimum Gasteiger partial charge on any atom is -0.481 e. The second kappa shape index (κ2) is 3.06. The van der Waals surface area contributed by atoms with Gasteiger partial charge in [0.1, 0.15) is 17.2 Å². The molecule has 0 amide bonds. The molecular weight excluding hydrogens is 230 g/mol. The van der Waals surface area contributed by atoms with Crippen molar-refractivity contribution in [1.82, 2.24) is 0 Å². The summed E-state index contributed by atoms with van der Waals surface area (Å²) >= 11 is 0. The highest BCUT2D eigenvalue weighted by atomic mass is 19.1. The van der Waals surface area contributed by atoms with Gasteiger partial charge in [0.05, 0.1) is 17.1 Å². The minimum atomic E-state index is -1.24. The van der Waals surface area contributed by atoms with Crippen molar-refractivity contribution in [2.75, 3.05) is 0 Å². The molecule has 1 aromatic heterocycles. The third kappa shape index (κ3) is 1.22. The van der Waals surface area contributed by atoms with Crippen molar-refractivity contribution in [1.29, 1.82) is 0 Å². The second-order valence-electron chi connectivity index (χ2n) is 4.27. The molecule has 1 aromatic carbocycles. The summed E-state index contributed by atoms with van der Waals surface area (Å²) in [6, 6.07) is 2.09. The standard InChI is InChI=1S/C12H8F2O3/c13-7-5-8(14)9(10-6(7)1-4-17-10)12(2-3-12)11(15)16/h1,4-5H,2-3H2,(H,15,16). The first-order chi connectivity index (χ1) is 8.06. The predicted molar refractivity (Wildman–Crippen MR) is 54.7 cm³/mol. The van der Waals surface area contributed by atoms with Gasteiger partial charge in [0.15, 0.2) is 0 Å². The van der Waals surface area contributed by atoms with E-state index in [-0.39, 0.29) is 16.5 Å². The SMILES string of the molecule is O=C(O)C1(c2c(F)cc(F)c3ccoc23)CC1. The van der Waals surface area contributed by atoms with Crippen LogP contribution < -0.4 is 0 Å². The van der Waals surface area contributed by atoms with Crippen molar-refractivity contribution in [3.05, 3.63) is 35.6 Å². The molecule has 2 aromatic rings. The molecule has 0 spiro atoms. The molecule has 1 aliphatic carbocycles. The number of hydrogen-bond acceptors (Lipinski definition) is 2. The van der Waals surface area contributed by atoms with Gasteiger partial charge >= 0.3 is 5.97 Å². The normalized spacial score (nSPS) is 17.3. The van der Waals surface area contributed by atoms with Gasteiger partial charge in [-0.25, -0.2) is 8.78 Å². The van der Waals surface area contributed by atoms with Crippen LogP contribution >= 0.6 is 0 Å². The summed E-state index contributed by atoms with van der Waals surface area (Å²) in [5.41, 5.74) is -1.28. The van der Waals surface area contributed by atoms with Crippen molar-refractivity contribution in [3.8, 4) is 0 Å². The summed E-state index contributed by atoms with van der Waals surface area (Å²) in [6.45, 7) is 0. The lowest BCUT2D eigenvalue weighted by Gasteiger charge is -2.12. The van der Waals surface area contributed by atoms with Crippen LogP contribution in [0, 0.1) is 11.6 Å². The number of aliphatic carboxylic acids is 1. The predicted octanol–water partition coefficient (Wildman–Crippen LogP) is 2.83. The fourth-order valence-electron chi connectivity index (χ4n) is 2.20. The number of carboxylic acids is 1. The van der Waals surface area contributed by atoms with Gasteiger partial charge in [0.25, 0.3) is 0 Å². The van der Waals surface area contributed by atoms with Crippen LogP contribution in [-0.2, 0) is 10.2 Å². The van der Waals surface area contributed by atoms with Crippen molar-refractivity contribution in [3.63, 3.8) is 0 Å². The van der Waals surface area contributed by atoms with Crippen LogP contribution in [0.4, 0.5) is 8.78 Å². The zero-order valence-electron chi connectivity index (χ0n) is 8.67. The summed E-state index contributed by atoms with van der Waals surface area (Å²) < 4.78 is 32.3. The summed E-state index contributed by atoms with van der Waals surface area (Å²) in [4.78, 5) is 11.2. The maximum Gasteiger partial charge on any atom is 0.314 e. The zero-order valence-corrected chi connectivity index (χ0v) is 8.67. The van der Waals surface area contributed by atoms with Gasteiger partial charge in [-0.1, -0.05) is 0 Å². The number of fused-ring (bicyclic) bond motifs is 1. The molecule has 0 radical (unpaired) electrons. The number of halogens is 2. The Morgan fingerprint density at radius 1 is 1.35 bits per heavy atom. The highest BCUT2D eigenvalue weighted by Crippen LogP contribution is 2.51. The molecule has 88 valence electrons. The summed E-state index contributed by atoms with van der Waals surface area (Å²) in [5.74, 6) is -2.69. The topological polar surface area (TPSA) is 50.4 Å². The molecule has 3 rings (SSSR count). The first-order valence-corrected chi connectivity index (χ1v) is 5.15. The number of furan rings is 1. The first-order valence-electron chi connectivity index (χ1n) is 5.15. The van der Waals surface area contributed by atoms with Gasteiger partial charge in [-0.2, -0.15) is 0 Å². The minimum absolute atomic E-state index is 0.00222. The molecule has 1 heterocycles. The van der Waals surface area contributed by atoms with Gasteiger partial charge < -0.3 is 9.52 Å². The Hall–Kier alpha value is -1.91. The third-order valence-electron chi connectivity index (χ3n) is 3.28. The Kier molecular flexibility index (Phi) is 1.85. The quantitative estimate of drug-likeness (QED) is 0.875. The Bertz CT molecular complexity index is 626. The highest BCUT2D eigenvalue weighted by molar-refractivity contribution is 5.92. The van der Waals surface area contributed by atoms with Gasteiger partial charge in [-0.3, -0.25) is 4.79 Å². The molecule has 3 nitrogen and oxygen atoms in total. The lowest BCUT2D eigenvalue weighted by molar-refractivity contribution is -0.140. The first kappa shape index (κ1) is 10.3. The Morgan fingerprint density at radius 3 is 2.65 bits per heavy atom. The Labute approximate surface area is 94.6 Å². The fraction of sp³-hybridized carbons (Fsp3) is 0.250. The van der Waals surface area contributed by atoms with Crippen LogP contribution in [0.5, 0.6) is 0 Å². The molecule has 1 aliphatic rings. The zero-order chi connectivity index (χ0) is 12.2. The molecular formula is C12H8F2O3. The third-order valence-corrected chi connectivity index (χ3v) is 3.28. The summed E-state index contributed by atoms with van der Waals surface area (Å²) in [7, 11) is 0. The van der Waals surface area contributed by atoms with Crippen molar-refractivity contribution in [2.45, 2.75) is 18.3 Å². The Balaban J connectivity index is 2.37. The van der Waals surface area contributed by atoms with E-state index < -0.39 is 23.0 Å². The molecule has 0 saturated heterocycles. The average molecular weight is 238 g/mol. The van der Waals surface area contributed by atoms with Crippen LogP contribution in [-0.4, -0.2) is 11.1 Å². The number of benzene rings is 1. The highest BCUT2D eigenvalue weighted by Gasteiger charge is 2.55. The number of hydrogen-bond donors (Lipinski definition) is 1. The fourth-order valence-corrected chi connectivity index (χ4v) is 2.20. The van der Waals surface area contributed by atoms with E-state index in [1.165, 1.54) is 12.3 Å². The van der Waals surface area contributed by atoms with Crippen LogP contribution in [0.1, 0.15) is 18.4 Å². The molecule has 1 fully saturated rings. The van der Waals surface area contributed by atoms with E-state index in [1.807, 2.05) is 0 Å². The average Bonchev–Trinajstić information content (AvgIpc) is 2.89. The smallest absolute Gasteiger partial charge is 0.314 e. The van der Waals surface area contributed by atoms with E-state index in [0.29, 0.717) is 12.8 Å². The van der Waals surface area contributed by atoms with Crippen molar-refractivity contribution >= 4 is 16.9 Å². The molecule has 0 atom stereocenters. The van der Waals surface area contributed by atoms with Crippen molar-refractivity contribution < 1.29 is 23.1 Å². The molecule has 5 heteroatoms. The lowest BCUT2D eigenvalue weighted by atomic mass is 9.94.